The number of aromatic amines is 1. The standard InChI is InChI=1S/C15H21N3/c1-9-6-13-14(7-10(9)2)18-15(17-13)12-4-5-16-11(3)8-12/h6-7,11-12,16H,4-5,8H2,1-3H3,(H,17,18). The van der Waals surface area contributed by atoms with Crippen molar-refractivity contribution < 1.29 is 0 Å². The van der Waals surface area contributed by atoms with Crippen molar-refractivity contribution in [2.24, 2.45) is 0 Å². The van der Waals surface area contributed by atoms with E-state index in [0.29, 0.717) is 12.0 Å². The molecule has 0 spiro atoms. The predicted octanol–water partition coefficient (Wildman–Crippen LogP) is 3.04. The Morgan fingerprint density at radius 1 is 1.22 bits per heavy atom. The fourth-order valence-corrected chi connectivity index (χ4v) is 2.86. The smallest absolute Gasteiger partial charge is 0.110 e. The Morgan fingerprint density at radius 2 is 2.00 bits per heavy atom. The maximum Gasteiger partial charge on any atom is 0.110 e. The van der Waals surface area contributed by atoms with Crippen LogP contribution in [0.3, 0.4) is 0 Å². The summed E-state index contributed by atoms with van der Waals surface area (Å²) in [6.07, 6.45) is 2.36. The lowest BCUT2D eigenvalue weighted by Crippen LogP contribution is -2.35. The molecule has 3 heteroatoms. The van der Waals surface area contributed by atoms with Crippen LogP contribution in [0.4, 0.5) is 0 Å². The summed E-state index contributed by atoms with van der Waals surface area (Å²) < 4.78 is 0. The minimum absolute atomic E-state index is 0.578. The van der Waals surface area contributed by atoms with E-state index < -0.39 is 0 Å². The van der Waals surface area contributed by atoms with Gasteiger partial charge in [-0.1, -0.05) is 0 Å². The molecule has 1 aromatic heterocycles. The average molecular weight is 243 g/mol. The Labute approximate surface area is 108 Å². The highest BCUT2D eigenvalue weighted by molar-refractivity contribution is 5.77. The third-order valence-corrected chi connectivity index (χ3v) is 4.13. The first kappa shape index (κ1) is 11.7. The second-order valence-corrected chi connectivity index (χ2v) is 5.65. The van der Waals surface area contributed by atoms with Crippen molar-refractivity contribution in [3.05, 3.63) is 29.1 Å². The molecule has 1 saturated heterocycles. The summed E-state index contributed by atoms with van der Waals surface area (Å²) in [6, 6.07) is 5.00. The Bertz CT molecular complexity index is 531. The van der Waals surface area contributed by atoms with Gasteiger partial charge in [-0.3, -0.25) is 0 Å². The number of nitrogens with zero attached hydrogens (tertiary/aromatic N) is 1. The first-order chi connectivity index (χ1) is 8.63. The predicted molar refractivity (Wildman–Crippen MR) is 75.0 cm³/mol. The number of hydrogen-bond acceptors (Lipinski definition) is 2. The van der Waals surface area contributed by atoms with Gasteiger partial charge in [-0.2, -0.15) is 0 Å². The minimum Gasteiger partial charge on any atom is -0.342 e. The fraction of sp³-hybridized carbons (Fsp3) is 0.533. The van der Waals surface area contributed by atoms with Gasteiger partial charge in [0.05, 0.1) is 11.0 Å². The molecule has 2 unspecified atom stereocenters. The van der Waals surface area contributed by atoms with E-state index in [4.69, 9.17) is 4.98 Å². The van der Waals surface area contributed by atoms with Gasteiger partial charge in [0.2, 0.25) is 0 Å². The molecule has 18 heavy (non-hydrogen) atoms. The lowest BCUT2D eigenvalue weighted by molar-refractivity contribution is 0.373. The van der Waals surface area contributed by atoms with Crippen molar-refractivity contribution in [3.63, 3.8) is 0 Å². The Morgan fingerprint density at radius 3 is 2.78 bits per heavy atom. The van der Waals surface area contributed by atoms with Gasteiger partial charge in [0.1, 0.15) is 5.82 Å². The molecule has 0 bridgehead atoms. The van der Waals surface area contributed by atoms with Crippen molar-refractivity contribution in [3.8, 4) is 0 Å². The van der Waals surface area contributed by atoms with Gasteiger partial charge in [0, 0.05) is 12.0 Å². The molecule has 0 aliphatic carbocycles. The Kier molecular flexibility index (Phi) is 2.86. The molecule has 0 amide bonds. The molecule has 1 aromatic carbocycles. The molecule has 3 nitrogen and oxygen atoms in total. The highest BCUT2D eigenvalue weighted by atomic mass is 15.0. The summed E-state index contributed by atoms with van der Waals surface area (Å²) in [7, 11) is 0. The summed E-state index contributed by atoms with van der Waals surface area (Å²) >= 11 is 0. The highest BCUT2D eigenvalue weighted by Gasteiger charge is 2.22. The third-order valence-electron chi connectivity index (χ3n) is 4.13. The number of imidazole rings is 1. The number of hydrogen-bond donors (Lipinski definition) is 2. The molecular formula is C15H21N3. The number of rotatable bonds is 1. The first-order valence-electron chi connectivity index (χ1n) is 6.83. The number of aryl methyl sites for hydroxylation is 2. The van der Waals surface area contributed by atoms with Crippen molar-refractivity contribution in [1.82, 2.24) is 15.3 Å². The van der Waals surface area contributed by atoms with E-state index in [9.17, 15) is 0 Å². The van der Waals surface area contributed by atoms with Crippen LogP contribution in [0, 0.1) is 13.8 Å². The minimum atomic E-state index is 0.578. The van der Waals surface area contributed by atoms with E-state index >= 15 is 0 Å². The number of nitrogens with one attached hydrogen (secondary N) is 2. The number of benzene rings is 1. The van der Waals surface area contributed by atoms with Gasteiger partial charge in [0.25, 0.3) is 0 Å². The number of aromatic nitrogens is 2. The van der Waals surface area contributed by atoms with Crippen LogP contribution in [-0.4, -0.2) is 22.6 Å². The first-order valence-corrected chi connectivity index (χ1v) is 6.83. The maximum absolute atomic E-state index is 4.79. The summed E-state index contributed by atoms with van der Waals surface area (Å²) in [5.74, 6) is 1.75. The molecule has 2 heterocycles. The van der Waals surface area contributed by atoms with Gasteiger partial charge < -0.3 is 10.3 Å². The largest absolute Gasteiger partial charge is 0.342 e. The third kappa shape index (κ3) is 2.03. The van der Waals surface area contributed by atoms with Crippen molar-refractivity contribution >= 4 is 11.0 Å². The van der Waals surface area contributed by atoms with E-state index in [1.807, 2.05) is 0 Å². The fourth-order valence-electron chi connectivity index (χ4n) is 2.86. The topological polar surface area (TPSA) is 40.7 Å². The van der Waals surface area contributed by atoms with Crippen molar-refractivity contribution in [2.45, 2.75) is 45.6 Å². The van der Waals surface area contributed by atoms with E-state index in [1.54, 1.807) is 0 Å². The molecule has 3 rings (SSSR count). The summed E-state index contributed by atoms with van der Waals surface area (Å²) in [4.78, 5) is 8.30. The Balaban J connectivity index is 1.97. The van der Waals surface area contributed by atoms with E-state index in [-0.39, 0.29) is 0 Å². The molecule has 1 aliphatic rings. The molecule has 2 N–H and O–H groups in total. The van der Waals surface area contributed by atoms with Crippen LogP contribution >= 0.6 is 0 Å². The van der Waals surface area contributed by atoms with Gasteiger partial charge in [0.15, 0.2) is 0 Å². The average Bonchev–Trinajstić information content (AvgIpc) is 2.73. The zero-order valence-electron chi connectivity index (χ0n) is 11.4. The van der Waals surface area contributed by atoms with Gasteiger partial charge in [-0.15, -0.1) is 0 Å². The highest BCUT2D eigenvalue weighted by Crippen LogP contribution is 2.28. The van der Waals surface area contributed by atoms with Crippen LogP contribution in [-0.2, 0) is 0 Å². The quantitative estimate of drug-likeness (QED) is 0.808. The van der Waals surface area contributed by atoms with E-state index in [0.717, 1.165) is 12.1 Å². The lowest BCUT2D eigenvalue weighted by atomic mass is 9.93. The monoisotopic (exact) mass is 243 g/mol. The summed E-state index contributed by atoms with van der Waals surface area (Å²) in [5.41, 5.74) is 4.94. The number of piperidine rings is 1. The maximum atomic E-state index is 4.79. The second-order valence-electron chi connectivity index (χ2n) is 5.65. The molecular weight excluding hydrogens is 222 g/mol. The Hall–Kier alpha value is -1.35. The van der Waals surface area contributed by atoms with Crippen LogP contribution in [0.2, 0.25) is 0 Å². The molecule has 0 saturated carbocycles. The van der Waals surface area contributed by atoms with E-state index in [1.165, 1.54) is 35.3 Å². The molecule has 2 aromatic rings. The molecule has 2 atom stereocenters. The van der Waals surface area contributed by atoms with Gasteiger partial charge in [-0.25, -0.2) is 4.98 Å². The van der Waals surface area contributed by atoms with Gasteiger partial charge in [-0.05, 0) is 63.4 Å². The summed E-state index contributed by atoms with van der Waals surface area (Å²) in [5, 5.41) is 3.49. The zero-order valence-corrected chi connectivity index (χ0v) is 11.4. The molecule has 96 valence electrons. The lowest BCUT2D eigenvalue weighted by Gasteiger charge is -2.26. The van der Waals surface area contributed by atoms with Crippen molar-refractivity contribution in [1.29, 1.82) is 0 Å². The second kappa shape index (κ2) is 4.39. The van der Waals surface area contributed by atoms with Crippen molar-refractivity contribution in [2.75, 3.05) is 6.54 Å². The van der Waals surface area contributed by atoms with Gasteiger partial charge >= 0.3 is 0 Å². The summed E-state index contributed by atoms with van der Waals surface area (Å²) in [6.45, 7) is 7.65. The van der Waals surface area contributed by atoms with Crippen LogP contribution in [0.1, 0.15) is 42.6 Å². The van der Waals surface area contributed by atoms with Crippen LogP contribution < -0.4 is 5.32 Å². The number of H-pyrrole nitrogens is 1. The van der Waals surface area contributed by atoms with Crippen LogP contribution in [0.15, 0.2) is 12.1 Å². The van der Waals surface area contributed by atoms with Crippen LogP contribution in [0.5, 0.6) is 0 Å². The zero-order chi connectivity index (χ0) is 12.7. The molecule has 1 aliphatic heterocycles. The SMILES string of the molecule is Cc1cc2nc(C3CCNC(C)C3)[nH]c2cc1C. The van der Waals surface area contributed by atoms with E-state index in [2.05, 4.69) is 43.2 Å². The normalized spacial score (nSPS) is 24.6. The number of fused-ring (bicyclic) bond motifs is 1. The van der Waals surface area contributed by atoms with Crippen LogP contribution in [0.25, 0.3) is 11.0 Å². The molecule has 0 radical (unpaired) electrons. The molecule has 1 fully saturated rings.